The van der Waals surface area contributed by atoms with Crippen LogP contribution in [-0.4, -0.2) is 30.9 Å². The van der Waals surface area contributed by atoms with Crippen LogP contribution in [0.5, 0.6) is 0 Å². The van der Waals surface area contributed by atoms with Gasteiger partial charge < -0.3 is 5.11 Å². The number of aliphatic hydroxyl groups excluding tert-OH is 1. The fourth-order valence-corrected chi connectivity index (χ4v) is 3.01. The van der Waals surface area contributed by atoms with E-state index in [2.05, 4.69) is 4.72 Å². The van der Waals surface area contributed by atoms with Crippen LogP contribution in [0.2, 0.25) is 0 Å². The van der Waals surface area contributed by atoms with Gasteiger partial charge in [-0.05, 0) is 39.2 Å². The molecule has 0 fully saturated rings. The van der Waals surface area contributed by atoms with Gasteiger partial charge in [-0.25, -0.2) is 13.1 Å². The maximum atomic E-state index is 11.9. The van der Waals surface area contributed by atoms with Gasteiger partial charge in [0.25, 0.3) is 0 Å². The van der Waals surface area contributed by atoms with E-state index in [4.69, 9.17) is 5.11 Å². The van der Waals surface area contributed by atoms with Crippen LogP contribution < -0.4 is 4.72 Å². The monoisotopic (exact) mass is 285 g/mol. The third kappa shape index (κ3) is 5.30. The molecule has 0 aliphatic carbocycles. The van der Waals surface area contributed by atoms with Crippen molar-refractivity contribution in [2.45, 2.75) is 44.4 Å². The predicted molar refractivity (Wildman–Crippen MR) is 77.4 cm³/mol. The van der Waals surface area contributed by atoms with E-state index in [1.54, 1.807) is 0 Å². The fraction of sp³-hybridized carbons (Fsp3) is 0.571. The van der Waals surface area contributed by atoms with Gasteiger partial charge >= 0.3 is 0 Å². The number of sulfonamides is 1. The second-order valence-corrected chi connectivity index (χ2v) is 7.61. The number of aryl methyl sites for hydroxylation is 1. The minimum Gasteiger partial charge on any atom is -0.395 e. The molecule has 0 bridgehead atoms. The van der Waals surface area contributed by atoms with Crippen molar-refractivity contribution in [2.24, 2.45) is 0 Å². The molecule has 1 unspecified atom stereocenters. The van der Waals surface area contributed by atoms with E-state index >= 15 is 0 Å². The average molecular weight is 285 g/mol. The van der Waals surface area contributed by atoms with Crippen LogP contribution in [0.15, 0.2) is 30.3 Å². The Labute approximate surface area is 115 Å². The standard InChI is InChI=1S/C14H23NO3S/c1-12(11-16)19(17,18)15-14(2,3)10-9-13-7-5-4-6-8-13/h4-8,12,15-16H,9-11H2,1-3H3. The number of rotatable bonds is 7. The maximum Gasteiger partial charge on any atom is 0.216 e. The van der Waals surface area contributed by atoms with Gasteiger partial charge in [0, 0.05) is 5.54 Å². The van der Waals surface area contributed by atoms with Gasteiger partial charge in [-0.2, -0.15) is 0 Å². The average Bonchev–Trinajstić information content (AvgIpc) is 2.35. The number of nitrogens with one attached hydrogen (secondary N) is 1. The second kappa shape index (κ2) is 6.50. The van der Waals surface area contributed by atoms with Gasteiger partial charge in [-0.3, -0.25) is 0 Å². The summed E-state index contributed by atoms with van der Waals surface area (Å²) in [5.74, 6) is 0. The molecular weight excluding hydrogens is 262 g/mol. The summed E-state index contributed by atoms with van der Waals surface area (Å²) in [4.78, 5) is 0. The lowest BCUT2D eigenvalue weighted by atomic mass is 9.97. The first kappa shape index (κ1) is 16.1. The number of hydrogen-bond donors (Lipinski definition) is 2. The van der Waals surface area contributed by atoms with E-state index < -0.39 is 20.8 Å². The lowest BCUT2D eigenvalue weighted by Gasteiger charge is -2.27. The van der Waals surface area contributed by atoms with E-state index in [-0.39, 0.29) is 6.61 Å². The van der Waals surface area contributed by atoms with Gasteiger partial charge in [-0.1, -0.05) is 30.3 Å². The van der Waals surface area contributed by atoms with Crippen LogP contribution in [0.4, 0.5) is 0 Å². The molecule has 4 nitrogen and oxygen atoms in total. The Hall–Kier alpha value is -0.910. The molecule has 2 N–H and O–H groups in total. The lowest BCUT2D eigenvalue weighted by Crippen LogP contribution is -2.47. The molecule has 5 heteroatoms. The first-order valence-electron chi connectivity index (χ1n) is 6.44. The van der Waals surface area contributed by atoms with Crippen LogP contribution in [-0.2, 0) is 16.4 Å². The highest BCUT2D eigenvalue weighted by atomic mass is 32.2. The Morgan fingerprint density at radius 3 is 2.37 bits per heavy atom. The molecule has 0 aromatic heterocycles. The van der Waals surface area contributed by atoms with Crippen molar-refractivity contribution in [3.8, 4) is 0 Å². The molecule has 0 heterocycles. The quantitative estimate of drug-likeness (QED) is 0.801. The molecular formula is C14H23NO3S. The highest BCUT2D eigenvalue weighted by Gasteiger charge is 2.28. The summed E-state index contributed by atoms with van der Waals surface area (Å²) >= 11 is 0. The molecule has 0 aliphatic heterocycles. The van der Waals surface area contributed by atoms with Crippen molar-refractivity contribution in [1.29, 1.82) is 0 Å². The van der Waals surface area contributed by atoms with Crippen LogP contribution in [0.3, 0.4) is 0 Å². The Morgan fingerprint density at radius 2 is 1.84 bits per heavy atom. The Balaban J connectivity index is 2.62. The molecule has 108 valence electrons. The van der Waals surface area contributed by atoms with Crippen LogP contribution >= 0.6 is 0 Å². The Kier molecular flexibility index (Phi) is 5.52. The third-order valence-corrected chi connectivity index (χ3v) is 5.13. The number of benzene rings is 1. The van der Waals surface area contributed by atoms with Gasteiger partial charge in [0.15, 0.2) is 0 Å². The minimum atomic E-state index is -3.47. The summed E-state index contributed by atoms with van der Waals surface area (Å²) in [6.07, 6.45) is 1.51. The summed E-state index contributed by atoms with van der Waals surface area (Å²) in [6, 6.07) is 9.96. The van der Waals surface area contributed by atoms with Crippen LogP contribution in [0, 0.1) is 0 Å². The summed E-state index contributed by atoms with van der Waals surface area (Å²) < 4.78 is 26.5. The zero-order valence-electron chi connectivity index (χ0n) is 11.8. The highest BCUT2D eigenvalue weighted by molar-refractivity contribution is 7.90. The largest absolute Gasteiger partial charge is 0.395 e. The van der Waals surface area contributed by atoms with Gasteiger partial charge in [0.05, 0.1) is 11.9 Å². The zero-order valence-corrected chi connectivity index (χ0v) is 12.6. The number of aliphatic hydroxyl groups is 1. The van der Waals surface area contributed by atoms with Crippen molar-refractivity contribution in [2.75, 3.05) is 6.61 Å². The van der Waals surface area contributed by atoms with Crippen molar-refractivity contribution in [3.63, 3.8) is 0 Å². The molecule has 0 saturated carbocycles. The molecule has 1 aromatic carbocycles. The van der Waals surface area contributed by atoms with E-state index in [0.29, 0.717) is 6.42 Å². The highest BCUT2D eigenvalue weighted by Crippen LogP contribution is 2.16. The lowest BCUT2D eigenvalue weighted by molar-refractivity contribution is 0.293. The first-order chi connectivity index (χ1) is 8.77. The van der Waals surface area contributed by atoms with Crippen molar-refractivity contribution in [3.05, 3.63) is 35.9 Å². The van der Waals surface area contributed by atoms with E-state index in [9.17, 15) is 8.42 Å². The van der Waals surface area contributed by atoms with Gasteiger partial charge in [-0.15, -0.1) is 0 Å². The second-order valence-electron chi connectivity index (χ2n) is 5.51. The fourth-order valence-electron chi connectivity index (χ4n) is 1.74. The van der Waals surface area contributed by atoms with Gasteiger partial charge in [0.2, 0.25) is 10.0 Å². The molecule has 0 aliphatic rings. The van der Waals surface area contributed by atoms with Gasteiger partial charge in [0.1, 0.15) is 0 Å². The first-order valence-corrected chi connectivity index (χ1v) is 7.99. The van der Waals surface area contributed by atoms with Crippen LogP contribution in [0.1, 0.15) is 32.8 Å². The molecule has 0 amide bonds. The molecule has 0 radical (unpaired) electrons. The minimum absolute atomic E-state index is 0.371. The SMILES string of the molecule is CC(CO)S(=O)(=O)NC(C)(C)CCc1ccccc1. The van der Waals surface area contributed by atoms with E-state index in [1.165, 1.54) is 12.5 Å². The molecule has 0 saturated heterocycles. The summed E-state index contributed by atoms with van der Waals surface area (Å²) in [7, 11) is -3.47. The summed E-state index contributed by atoms with van der Waals surface area (Å²) in [5, 5.41) is 8.17. The zero-order chi connectivity index (χ0) is 14.5. The van der Waals surface area contributed by atoms with E-state index in [1.807, 2.05) is 44.2 Å². The van der Waals surface area contributed by atoms with Crippen molar-refractivity contribution >= 4 is 10.0 Å². The summed E-state index contributed by atoms with van der Waals surface area (Å²) in [5.41, 5.74) is 0.656. The van der Waals surface area contributed by atoms with E-state index in [0.717, 1.165) is 6.42 Å². The molecule has 1 atom stereocenters. The smallest absolute Gasteiger partial charge is 0.216 e. The summed E-state index contributed by atoms with van der Waals surface area (Å²) in [6.45, 7) is 4.84. The topological polar surface area (TPSA) is 66.4 Å². The van der Waals surface area contributed by atoms with Crippen molar-refractivity contribution in [1.82, 2.24) is 4.72 Å². The third-order valence-electron chi connectivity index (χ3n) is 3.09. The molecule has 0 spiro atoms. The Morgan fingerprint density at radius 1 is 1.26 bits per heavy atom. The molecule has 1 aromatic rings. The molecule has 1 rings (SSSR count). The molecule has 19 heavy (non-hydrogen) atoms. The Bertz CT molecular complexity index is 483. The predicted octanol–water partition coefficient (Wildman–Crippen LogP) is 1.70. The van der Waals surface area contributed by atoms with Crippen molar-refractivity contribution < 1.29 is 13.5 Å². The number of hydrogen-bond acceptors (Lipinski definition) is 3. The maximum absolute atomic E-state index is 11.9. The van der Waals surface area contributed by atoms with Crippen LogP contribution in [0.25, 0.3) is 0 Å². The normalized spacial score (nSPS) is 14.3.